The Morgan fingerprint density at radius 2 is 1.89 bits per heavy atom. The second-order valence-corrected chi connectivity index (χ2v) is 5.98. The predicted molar refractivity (Wildman–Crippen MR) is 71.3 cm³/mol. The largest absolute Gasteiger partial charge is 0.387 e. The molecule has 18 heavy (non-hydrogen) atoms. The molecule has 0 atom stereocenters. The number of hydrogen-bond acceptors (Lipinski definition) is 3. The number of hydrogen-bond donors (Lipinski definition) is 2. The predicted octanol–water partition coefficient (Wildman–Crippen LogP) is 1.28. The second-order valence-electron chi connectivity index (χ2n) is 5.98. The number of rotatable bonds is 4. The lowest BCUT2D eigenvalue weighted by molar-refractivity contribution is -0.133. The summed E-state index contributed by atoms with van der Waals surface area (Å²) in [6, 6.07) is 0.381. The summed E-state index contributed by atoms with van der Waals surface area (Å²) in [7, 11) is 0. The van der Waals surface area contributed by atoms with Gasteiger partial charge in [-0.15, -0.1) is 0 Å². The first-order valence-electron chi connectivity index (χ1n) is 7.35. The third-order valence-corrected chi connectivity index (χ3v) is 4.28. The molecular formula is C14H26N2O2. The van der Waals surface area contributed by atoms with Crippen molar-refractivity contribution in [1.82, 2.24) is 10.2 Å². The Hall–Kier alpha value is -0.610. The molecule has 0 aromatic carbocycles. The van der Waals surface area contributed by atoms with Crippen LogP contribution in [0.15, 0.2) is 0 Å². The van der Waals surface area contributed by atoms with Crippen LogP contribution in [-0.4, -0.2) is 47.2 Å². The third-order valence-electron chi connectivity index (χ3n) is 4.28. The number of carbonyl (C=O) groups excluding carboxylic acids is 1. The molecule has 1 saturated heterocycles. The Morgan fingerprint density at radius 3 is 2.44 bits per heavy atom. The van der Waals surface area contributed by atoms with E-state index < -0.39 is 5.60 Å². The van der Waals surface area contributed by atoms with E-state index in [1.807, 2.05) is 11.8 Å². The Morgan fingerprint density at radius 1 is 1.28 bits per heavy atom. The molecule has 2 rings (SSSR count). The van der Waals surface area contributed by atoms with E-state index in [0.29, 0.717) is 25.7 Å². The maximum absolute atomic E-state index is 11.9. The van der Waals surface area contributed by atoms with Gasteiger partial charge in [-0.3, -0.25) is 9.69 Å². The molecule has 104 valence electrons. The molecule has 4 nitrogen and oxygen atoms in total. The molecule has 0 unspecified atom stereocenters. The zero-order valence-corrected chi connectivity index (χ0v) is 11.5. The number of nitrogens with one attached hydrogen (secondary N) is 1. The van der Waals surface area contributed by atoms with E-state index in [0.717, 1.165) is 19.3 Å². The molecule has 0 bridgehead atoms. The van der Waals surface area contributed by atoms with Gasteiger partial charge < -0.3 is 10.4 Å². The van der Waals surface area contributed by atoms with Crippen molar-refractivity contribution >= 4 is 5.91 Å². The topological polar surface area (TPSA) is 52.6 Å². The van der Waals surface area contributed by atoms with Gasteiger partial charge in [-0.2, -0.15) is 0 Å². The standard InChI is InChI=1S/C14H26N2O2/c1-2-14(18)10-16(11-14)9-13(17)15-12-7-5-3-4-6-8-12/h12,18H,2-11H2,1H3,(H,15,17). The molecule has 0 radical (unpaired) electrons. The lowest BCUT2D eigenvalue weighted by atomic mass is 9.91. The van der Waals surface area contributed by atoms with Crippen LogP contribution in [0.4, 0.5) is 0 Å². The first kappa shape index (κ1) is 13.8. The van der Waals surface area contributed by atoms with Crippen LogP contribution in [-0.2, 0) is 4.79 Å². The number of aliphatic hydroxyl groups is 1. The van der Waals surface area contributed by atoms with Crippen LogP contribution in [0.1, 0.15) is 51.9 Å². The molecule has 1 aliphatic heterocycles. The first-order chi connectivity index (χ1) is 8.61. The van der Waals surface area contributed by atoms with Gasteiger partial charge in [0.25, 0.3) is 0 Å². The summed E-state index contributed by atoms with van der Waals surface area (Å²) < 4.78 is 0. The van der Waals surface area contributed by atoms with Crippen molar-refractivity contribution in [3.05, 3.63) is 0 Å². The summed E-state index contributed by atoms with van der Waals surface area (Å²) in [5.74, 6) is 0.125. The Kier molecular flexibility index (Phi) is 4.62. The van der Waals surface area contributed by atoms with Crippen LogP contribution in [0.2, 0.25) is 0 Å². The van der Waals surface area contributed by atoms with E-state index in [9.17, 15) is 9.90 Å². The van der Waals surface area contributed by atoms with Crippen molar-refractivity contribution in [1.29, 1.82) is 0 Å². The number of β-amino-alcohol motifs (C(OH)–C–C–N with tert-alkyl or cyclic N) is 1. The van der Waals surface area contributed by atoms with E-state index in [1.165, 1.54) is 25.7 Å². The summed E-state index contributed by atoms with van der Waals surface area (Å²) in [5.41, 5.74) is -0.539. The van der Waals surface area contributed by atoms with Crippen molar-refractivity contribution in [3.63, 3.8) is 0 Å². The summed E-state index contributed by atoms with van der Waals surface area (Å²) >= 11 is 0. The molecule has 1 aliphatic carbocycles. The SMILES string of the molecule is CCC1(O)CN(CC(=O)NC2CCCCCC2)C1. The molecule has 0 aromatic rings. The minimum absolute atomic E-state index is 0.125. The Bertz CT molecular complexity index is 280. The number of amides is 1. The summed E-state index contributed by atoms with van der Waals surface area (Å²) in [6.07, 6.45) is 8.13. The lowest BCUT2D eigenvalue weighted by Gasteiger charge is -2.45. The van der Waals surface area contributed by atoms with Crippen LogP contribution in [0.5, 0.6) is 0 Å². The highest BCUT2D eigenvalue weighted by molar-refractivity contribution is 5.78. The first-order valence-corrected chi connectivity index (χ1v) is 7.35. The normalized spacial score (nSPS) is 25.2. The third kappa shape index (κ3) is 3.69. The van der Waals surface area contributed by atoms with Crippen LogP contribution in [0.25, 0.3) is 0 Å². The van der Waals surface area contributed by atoms with Gasteiger partial charge in [0.1, 0.15) is 0 Å². The highest BCUT2D eigenvalue weighted by atomic mass is 16.3. The molecule has 4 heteroatoms. The van der Waals surface area contributed by atoms with Gasteiger partial charge in [0.2, 0.25) is 5.91 Å². The van der Waals surface area contributed by atoms with Gasteiger partial charge >= 0.3 is 0 Å². The van der Waals surface area contributed by atoms with Crippen LogP contribution in [0.3, 0.4) is 0 Å². The maximum Gasteiger partial charge on any atom is 0.234 e. The quantitative estimate of drug-likeness (QED) is 0.743. The summed E-state index contributed by atoms with van der Waals surface area (Å²) in [4.78, 5) is 13.9. The lowest BCUT2D eigenvalue weighted by Crippen LogP contribution is -2.63. The van der Waals surface area contributed by atoms with Crippen molar-refractivity contribution in [2.45, 2.75) is 63.5 Å². The van der Waals surface area contributed by atoms with E-state index in [1.54, 1.807) is 0 Å². The average Bonchev–Trinajstić information content (AvgIpc) is 2.55. The molecule has 1 saturated carbocycles. The van der Waals surface area contributed by atoms with Crippen molar-refractivity contribution < 1.29 is 9.90 Å². The second kappa shape index (κ2) is 6.02. The fourth-order valence-electron chi connectivity index (χ4n) is 3.02. The fourth-order valence-corrected chi connectivity index (χ4v) is 3.02. The van der Waals surface area contributed by atoms with Gasteiger partial charge in [0.05, 0.1) is 12.1 Å². The molecule has 2 fully saturated rings. The number of nitrogens with zero attached hydrogens (tertiary/aromatic N) is 1. The number of carbonyl (C=O) groups is 1. The summed E-state index contributed by atoms with van der Waals surface area (Å²) in [6.45, 7) is 3.71. The Balaban J connectivity index is 1.66. The molecule has 2 N–H and O–H groups in total. The highest BCUT2D eigenvalue weighted by Crippen LogP contribution is 2.23. The van der Waals surface area contributed by atoms with Gasteiger partial charge in [-0.05, 0) is 19.3 Å². The smallest absolute Gasteiger partial charge is 0.234 e. The van der Waals surface area contributed by atoms with Crippen LogP contribution >= 0.6 is 0 Å². The molecule has 1 heterocycles. The summed E-state index contributed by atoms with van der Waals surface area (Å²) in [5, 5.41) is 13.0. The van der Waals surface area contributed by atoms with Crippen LogP contribution in [0, 0.1) is 0 Å². The van der Waals surface area contributed by atoms with E-state index in [4.69, 9.17) is 0 Å². The maximum atomic E-state index is 11.9. The number of likely N-dealkylation sites (tertiary alicyclic amines) is 1. The average molecular weight is 254 g/mol. The Labute approximate surface area is 110 Å². The highest BCUT2D eigenvalue weighted by Gasteiger charge is 2.39. The molecule has 0 spiro atoms. The molecule has 2 aliphatic rings. The molecule has 0 aromatic heterocycles. The van der Waals surface area contributed by atoms with E-state index in [2.05, 4.69) is 5.32 Å². The van der Waals surface area contributed by atoms with Gasteiger partial charge in [0, 0.05) is 19.1 Å². The van der Waals surface area contributed by atoms with Crippen molar-refractivity contribution in [3.8, 4) is 0 Å². The monoisotopic (exact) mass is 254 g/mol. The minimum Gasteiger partial charge on any atom is -0.387 e. The molecule has 1 amide bonds. The fraction of sp³-hybridized carbons (Fsp3) is 0.929. The van der Waals surface area contributed by atoms with Crippen molar-refractivity contribution in [2.75, 3.05) is 19.6 Å². The van der Waals surface area contributed by atoms with Crippen molar-refractivity contribution in [2.24, 2.45) is 0 Å². The zero-order valence-electron chi connectivity index (χ0n) is 11.5. The van der Waals surface area contributed by atoms with E-state index >= 15 is 0 Å². The van der Waals surface area contributed by atoms with Crippen LogP contribution < -0.4 is 5.32 Å². The van der Waals surface area contributed by atoms with E-state index in [-0.39, 0.29) is 5.91 Å². The zero-order chi connectivity index (χ0) is 13.0. The van der Waals surface area contributed by atoms with Gasteiger partial charge in [-0.1, -0.05) is 32.6 Å². The molecular weight excluding hydrogens is 228 g/mol. The minimum atomic E-state index is -0.539. The van der Waals surface area contributed by atoms with Gasteiger partial charge in [-0.25, -0.2) is 0 Å². The van der Waals surface area contributed by atoms with Gasteiger partial charge in [0.15, 0.2) is 0 Å².